The Morgan fingerprint density at radius 3 is 1.76 bits per heavy atom. The Morgan fingerprint density at radius 2 is 1.18 bits per heavy atom. The number of aliphatic hydroxyl groups excluding tert-OH is 2. The van der Waals surface area contributed by atoms with Gasteiger partial charge in [-0.2, -0.15) is 0 Å². The molecule has 4 N–H and O–H groups in total. The highest BCUT2D eigenvalue weighted by atomic mass is 31.2. The van der Waals surface area contributed by atoms with Gasteiger partial charge in [-0.15, -0.1) is 0 Å². The van der Waals surface area contributed by atoms with Gasteiger partial charge >= 0.3 is 19.8 Å². The van der Waals surface area contributed by atoms with E-state index in [4.69, 9.17) is 19.3 Å². The van der Waals surface area contributed by atoms with E-state index in [0.717, 1.165) is 50.9 Å². The van der Waals surface area contributed by atoms with E-state index in [1.54, 1.807) is 0 Å². The van der Waals surface area contributed by atoms with E-state index in [-0.39, 0.29) is 32.1 Å². The number of phosphoric acid groups is 1. The Kier molecular flexibility index (Phi) is 30.5. The summed E-state index contributed by atoms with van der Waals surface area (Å²) in [5, 5.41) is 20.5. The van der Waals surface area contributed by atoms with Crippen LogP contribution >= 0.6 is 7.82 Å². The maximum atomic E-state index is 12.3. The summed E-state index contributed by atoms with van der Waals surface area (Å²) in [6.45, 7) is 5.59. The molecule has 1 unspecified atom stereocenters. The average Bonchev–Trinajstić information content (AvgIpc) is 3.06. The van der Waals surface area contributed by atoms with Gasteiger partial charge in [-0.1, -0.05) is 127 Å². The highest BCUT2D eigenvalue weighted by Gasteiger charge is 2.23. The van der Waals surface area contributed by atoms with Gasteiger partial charge in [-0.3, -0.25) is 14.1 Å². The number of hydrogen-bond acceptors (Lipinski definition) is 8. The molecule has 0 rings (SSSR count). The van der Waals surface area contributed by atoms with Gasteiger partial charge in [-0.05, 0) is 57.3 Å². The van der Waals surface area contributed by atoms with Crippen molar-refractivity contribution in [2.75, 3.05) is 13.2 Å². The van der Waals surface area contributed by atoms with Crippen LogP contribution in [0, 0.1) is 5.92 Å². The van der Waals surface area contributed by atoms with Crippen molar-refractivity contribution in [3.05, 3.63) is 48.6 Å². The minimum absolute atomic E-state index is 0.0500. The lowest BCUT2D eigenvalue weighted by atomic mass is 9.99. The molecule has 0 aromatic carbocycles. The number of aliphatic hydroxyl groups is 2. The van der Waals surface area contributed by atoms with Gasteiger partial charge < -0.3 is 29.5 Å². The van der Waals surface area contributed by atoms with E-state index in [2.05, 4.69) is 55.7 Å². The highest BCUT2D eigenvalue weighted by Crippen LogP contribution is 2.36. The van der Waals surface area contributed by atoms with Crippen molar-refractivity contribution in [3.63, 3.8) is 0 Å². The minimum Gasteiger partial charge on any atom is -0.462 e. The summed E-state index contributed by atoms with van der Waals surface area (Å²) in [6.07, 6.45) is 28.8. The molecule has 10 nitrogen and oxygen atoms in total. The summed E-state index contributed by atoms with van der Waals surface area (Å²) in [5.41, 5.74) is 0. The first kappa shape index (κ1) is 46.9. The van der Waals surface area contributed by atoms with Crippen molar-refractivity contribution >= 4 is 19.8 Å². The number of hydrogen-bond donors (Lipinski definition) is 4. The Bertz CT molecular complexity index is 987. The Hall–Kier alpha value is -2.07. The van der Waals surface area contributed by atoms with Crippen molar-refractivity contribution in [2.45, 2.75) is 161 Å². The van der Waals surface area contributed by atoms with E-state index in [0.29, 0.717) is 6.42 Å². The molecule has 284 valence electrons. The van der Waals surface area contributed by atoms with Gasteiger partial charge in [0.05, 0.1) is 18.8 Å². The number of esters is 2. The van der Waals surface area contributed by atoms with Gasteiger partial charge in [0.25, 0.3) is 0 Å². The Labute approximate surface area is 296 Å². The molecule has 0 heterocycles. The number of unbranched alkanes of at least 4 members (excludes halogenated alkanes) is 7. The van der Waals surface area contributed by atoms with Gasteiger partial charge in [0.15, 0.2) is 6.10 Å². The Balaban J connectivity index is 4.27. The van der Waals surface area contributed by atoms with Crippen molar-refractivity contribution < 1.29 is 48.2 Å². The molecule has 0 fully saturated rings. The number of carbonyl (C=O) groups excluding carboxylic acids is 2. The average molecular weight is 715 g/mol. The lowest BCUT2D eigenvalue weighted by Crippen LogP contribution is -2.29. The van der Waals surface area contributed by atoms with Crippen LogP contribution in [0.25, 0.3) is 0 Å². The first-order valence-corrected chi connectivity index (χ1v) is 20.0. The summed E-state index contributed by atoms with van der Waals surface area (Å²) in [7, 11) is -4.82. The summed E-state index contributed by atoms with van der Waals surface area (Å²) in [5.74, 6) is -0.378. The van der Waals surface area contributed by atoms with Crippen LogP contribution in [0.3, 0.4) is 0 Å². The molecule has 0 radical (unpaired) electrons. The maximum Gasteiger partial charge on any atom is 0.469 e. The third-order valence-corrected chi connectivity index (χ3v) is 8.59. The smallest absolute Gasteiger partial charge is 0.462 e. The maximum absolute atomic E-state index is 12.3. The van der Waals surface area contributed by atoms with E-state index >= 15 is 0 Å². The predicted octanol–water partition coefficient (Wildman–Crippen LogP) is 8.59. The van der Waals surface area contributed by atoms with Crippen molar-refractivity contribution in [1.82, 2.24) is 0 Å². The molecule has 0 saturated carbocycles. The zero-order valence-electron chi connectivity index (χ0n) is 30.5. The zero-order chi connectivity index (χ0) is 36.6. The second-order valence-corrected chi connectivity index (χ2v) is 14.0. The fourth-order valence-corrected chi connectivity index (χ4v) is 5.21. The largest absolute Gasteiger partial charge is 0.469 e. The van der Waals surface area contributed by atoms with E-state index in [1.807, 2.05) is 18.2 Å². The van der Waals surface area contributed by atoms with Gasteiger partial charge in [0, 0.05) is 12.8 Å². The first-order valence-electron chi connectivity index (χ1n) is 18.5. The molecule has 0 bridgehead atoms. The summed E-state index contributed by atoms with van der Waals surface area (Å²) >= 11 is 0. The zero-order valence-corrected chi connectivity index (χ0v) is 31.4. The molecule has 49 heavy (non-hydrogen) atoms. The summed E-state index contributed by atoms with van der Waals surface area (Å²) in [4.78, 5) is 42.7. The number of rotatable bonds is 32. The number of carbonyl (C=O) groups is 2. The second kappa shape index (κ2) is 31.9. The highest BCUT2D eigenvalue weighted by molar-refractivity contribution is 7.46. The molecule has 11 heteroatoms. The van der Waals surface area contributed by atoms with Crippen LogP contribution in [0.4, 0.5) is 0 Å². The van der Waals surface area contributed by atoms with Crippen molar-refractivity contribution in [1.29, 1.82) is 0 Å². The quantitative estimate of drug-likeness (QED) is 0.0230. The van der Waals surface area contributed by atoms with Crippen LogP contribution in [0.5, 0.6) is 0 Å². The SMILES string of the molecule is CC/C=C\C/C=C\C/C=C\C/C=C\C[C@H](O)[C@@H](O)CCCC(=O)OC[C@H](COP(=O)(O)O)OC(=O)CCCCCCCCCCC(C)CC. The van der Waals surface area contributed by atoms with Crippen molar-refractivity contribution in [2.24, 2.45) is 5.92 Å². The molecule has 0 aromatic heterocycles. The molecule has 0 aliphatic carbocycles. The number of ether oxygens (including phenoxy) is 2. The molecule has 4 atom stereocenters. The third kappa shape index (κ3) is 32.9. The van der Waals surface area contributed by atoms with Gasteiger partial charge in [0.1, 0.15) is 6.61 Å². The fourth-order valence-electron chi connectivity index (χ4n) is 4.85. The van der Waals surface area contributed by atoms with Crippen LogP contribution in [0.15, 0.2) is 48.6 Å². The van der Waals surface area contributed by atoms with E-state index < -0.39 is 51.3 Å². The number of phosphoric ester groups is 1. The lowest BCUT2D eigenvalue weighted by Gasteiger charge is -2.19. The molecular formula is C38H67O10P. The molecule has 0 amide bonds. The topological polar surface area (TPSA) is 160 Å². The van der Waals surface area contributed by atoms with E-state index in [1.165, 1.54) is 38.5 Å². The van der Waals surface area contributed by atoms with Crippen LogP contribution in [-0.2, 0) is 28.2 Å². The molecule has 0 aliphatic rings. The monoisotopic (exact) mass is 714 g/mol. The standard InChI is InChI=1S/C38H67O10P/c1-4-6-7-8-9-10-11-12-13-17-20-23-27-35(39)36(40)28-25-30-37(41)46-31-34(32-47-49(43,44)45)48-38(42)29-24-21-18-15-14-16-19-22-26-33(3)5-2/h6-7,9-10,12-13,20,23,33-36,39-40H,4-5,8,11,14-19,21-22,24-32H2,1-3H3,(H2,43,44,45)/b7-6-,10-9-,13-12-,23-20-/t33?,34-,35+,36+/m1/s1. The number of allylic oxidation sites excluding steroid dienone is 7. The van der Waals surface area contributed by atoms with Gasteiger partial charge in [0.2, 0.25) is 0 Å². The van der Waals surface area contributed by atoms with Crippen LogP contribution in [0.2, 0.25) is 0 Å². The van der Waals surface area contributed by atoms with Crippen LogP contribution in [0.1, 0.15) is 143 Å². The fraction of sp³-hybridized carbons (Fsp3) is 0.737. The second-order valence-electron chi connectivity index (χ2n) is 12.7. The molecular weight excluding hydrogens is 647 g/mol. The minimum atomic E-state index is -4.82. The molecule has 0 aromatic rings. The van der Waals surface area contributed by atoms with Crippen LogP contribution < -0.4 is 0 Å². The molecule has 0 aliphatic heterocycles. The summed E-state index contributed by atoms with van der Waals surface area (Å²) in [6, 6.07) is 0. The van der Waals surface area contributed by atoms with E-state index in [9.17, 15) is 24.4 Å². The molecule has 0 saturated heterocycles. The van der Waals surface area contributed by atoms with Crippen molar-refractivity contribution in [3.8, 4) is 0 Å². The first-order chi connectivity index (χ1) is 23.5. The third-order valence-electron chi connectivity index (χ3n) is 8.10. The lowest BCUT2D eigenvalue weighted by molar-refractivity contribution is -0.161. The summed E-state index contributed by atoms with van der Waals surface area (Å²) < 4.78 is 26.1. The predicted molar refractivity (Wildman–Crippen MR) is 196 cm³/mol. The van der Waals surface area contributed by atoms with Crippen LogP contribution in [-0.4, -0.2) is 63.5 Å². The Morgan fingerprint density at radius 1 is 0.653 bits per heavy atom. The normalized spacial score (nSPS) is 15.0. The van der Waals surface area contributed by atoms with Gasteiger partial charge in [-0.25, -0.2) is 4.57 Å². The molecule has 0 spiro atoms.